The van der Waals surface area contributed by atoms with Crippen LogP contribution in [0.25, 0.3) is 0 Å². The Bertz CT molecular complexity index is 325. The molecule has 0 aromatic carbocycles. The second-order valence-corrected chi connectivity index (χ2v) is 6.93. The molecule has 2 saturated carbocycles. The van der Waals surface area contributed by atoms with Crippen LogP contribution in [-0.2, 0) is 14.3 Å². The van der Waals surface area contributed by atoms with Crippen molar-refractivity contribution in [3.05, 3.63) is 0 Å². The molecule has 2 aliphatic rings. The van der Waals surface area contributed by atoms with Gasteiger partial charge in [0.1, 0.15) is 0 Å². The molecule has 0 aromatic heterocycles. The maximum atomic E-state index is 11.6. The maximum absolute atomic E-state index is 11.6. The molecule has 0 atom stereocenters. The highest BCUT2D eigenvalue weighted by Gasteiger charge is 2.18. The summed E-state index contributed by atoms with van der Waals surface area (Å²) in [4.78, 5) is 23.3. The summed E-state index contributed by atoms with van der Waals surface area (Å²) >= 11 is 0. The van der Waals surface area contributed by atoms with Crippen molar-refractivity contribution in [3.8, 4) is 0 Å². The fraction of sp³-hybridized carbons (Fsp3) is 0.889. The smallest absolute Gasteiger partial charge is 0.313 e. The lowest BCUT2D eigenvalue weighted by atomic mass is 9.86. The minimum Gasteiger partial charge on any atom is -0.393 e. The number of carbonyl (C=O) groups is 2. The van der Waals surface area contributed by atoms with Crippen molar-refractivity contribution in [1.29, 1.82) is 0 Å². The highest BCUT2D eigenvalue weighted by atomic mass is 16.6. The largest absolute Gasteiger partial charge is 0.393 e. The Labute approximate surface area is 128 Å². The van der Waals surface area contributed by atoms with Gasteiger partial charge in [0.05, 0.1) is 0 Å². The van der Waals surface area contributed by atoms with E-state index in [1.54, 1.807) is 0 Å². The molecular formula is C18H30O3. The fourth-order valence-corrected chi connectivity index (χ4v) is 3.86. The molecule has 0 heterocycles. The van der Waals surface area contributed by atoms with E-state index in [4.69, 9.17) is 4.74 Å². The molecule has 2 fully saturated rings. The van der Waals surface area contributed by atoms with Gasteiger partial charge >= 0.3 is 11.9 Å². The maximum Gasteiger partial charge on any atom is 0.313 e. The molecule has 2 rings (SSSR count). The van der Waals surface area contributed by atoms with E-state index in [9.17, 15) is 9.59 Å². The molecule has 0 N–H and O–H groups in total. The summed E-state index contributed by atoms with van der Waals surface area (Å²) in [5.74, 6) is 0.843. The highest BCUT2D eigenvalue weighted by molar-refractivity contribution is 5.85. The Morgan fingerprint density at radius 3 is 1.90 bits per heavy atom. The lowest BCUT2D eigenvalue weighted by Gasteiger charge is -2.20. The Morgan fingerprint density at radius 2 is 1.24 bits per heavy atom. The van der Waals surface area contributed by atoms with Crippen LogP contribution in [0, 0.1) is 11.8 Å². The van der Waals surface area contributed by atoms with Crippen LogP contribution < -0.4 is 0 Å². The third-order valence-electron chi connectivity index (χ3n) is 5.18. The van der Waals surface area contributed by atoms with E-state index in [-0.39, 0.29) is 11.9 Å². The van der Waals surface area contributed by atoms with E-state index in [2.05, 4.69) is 0 Å². The summed E-state index contributed by atoms with van der Waals surface area (Å²) in [5, 5.41) is 0. The number of carbonyl (C=O) groups excluding carboxylic acids is 2. The van der Waals surface area contributed by atoms with Gasteiger partial charge in [0.2, 0.25) is 0 Å². The summed E-state index contributed by atoms with van der Waals surface area (Å²) in [7, 11) is 0. The van der Waals surface area contributed by atoms with Crippen LogP contribution in [0.1, 0.15) is 89.9 Å². The number of ether oxygens (including phenoxy) is 1. The SMILES string of the molecule is O=C(CCCC1CCCCC1)OC(=O)CCC1CCCC1. The predicted octanol–water partition coefficient (Wildman–Crippen LogP) is 4.78. The minimum absolute atomic E-state index is 0.315. The number of esters is 2. The van der Waals surface area contributed by atoms with Crippen LogP contribution in [0.4, 0.5) is 0 Å². The number of hydrogen-bond donors (Lipinski definition) is 0. The zero-order valence-corrected chi connectivity index (χ0v) is 13.3. The topological polar surface area (TPSA) is 43.4 Å². The second-order valence-electron chi connectivity index (χ2n) is 6.93. The molecule has 0 spiro atoms. The van der Waals surface area contributed by atoms with E-state index in [1.807, 2.05) is 0 Å². The van der Waals surface area contributed by atoms with Crippen molar-refractivity contribution in [2.45, 2.75) is 89.9 Å². The zero-order chi connectivity index (χ0) is 14.9. The summed E-state index contributed by atoms with van der Waals surface area (Å²) in [6, 6.07) is 0. The van der Waals surface area contributed by atoms with Crippen molar-refractivity contribution in [2.75, 3.05) is 0 Å². The molecule has 0 aromatic rings. The van der Waals surface area contributed by atoms with Crippen LogP contribution in [0.3, 0.4) is 0 Å². The molecular weight excluding hydrogens is 264 g/mol. The molecule has 0 unspecified atom stereocenters. The Hall–Kier alpha value is -0.860. The summed E-state index contributed by atoms with van der Waals surface area (Å²) < 4.78 is 4.92. The molecule has 120 valence electrons. The quantitative estimate of drug-likeness (QED) is 0.501. The van der Waals surface area contributed by atoms with Gasteiger partial charge in [-0.25, -0.2) is 0 Å². The van der Waals surface area contributed by atoms with Gasteiger partial charge in [-0.2, -0.15) is 0 Å². The predicted molar refractivity (Wildman–Crippen MR) is 82.7 cm³/mol. The van der Waals surface area contributed by atoms with Gasteiger partial charge in [-0.05, 0) is 31.1 Å². The van der Waals surface area contributed by atoms with E-state index in [0.29, 0.717) is 18.8 Å². The van der Waals surface area contributed by atoms with E-state index in [1.165, 1.54) is 57.8 Å². The molecule has 21 heavy (non-hydrogen) atoms. The summed E-state index contributed by atoms with van der Waals surface area (Å²) in [6.45, 7) is 0. The van der Waals surface area contributed by atoms with Gasteiger partial charge in [-0.1, -0.05) is 57.8 Å². The average Bonchev–Trinajstić information content (AvgIpc) is 2.99. The third kappa shape index (κ3) is 6.62. The van der Waals surface area contributed by atoms with Crippen molar-refractivity contribution in [2.24, 2.45) is 11.8 Å². The lowest BCUT2D eigenvalue weighted by molar-refractivity contribution is -0.159. The van der Waals surface area contributed by atoms with Gasteiger partial charge in [-0.3, -0.25) is 9.59 Å². The first-order valence-electron chi connectivity index (χ1n) is 8.97. The number of rotatable bonds is 7. The van der Waals surface area contributed by atoms with Crippen molar-refractivity contribution in [1.82, 2.24) is 0 Å². The van der Waals surface area contributed by atoms with E-state index < -0.39 is 0 Å². The first kappa shape index (κ1) is 16.5. The molecule has 0 amide bonds. The minimum atomic E-state index is -0.317. The zero-order valence-electron chi connectivity index (χ0n) is 13.3. The van der Waals surface area contributed by atoms with Crippen LogP contribution in [0.5, 0.6) is 0 Å². The van der Waals surface area contributed by atoms with Crippen LogP contribution in [0.15, 0.2) is 0 Å². The van der Waals surface area contributed by atoms with E-state index >= 15 is 0 Å². The van der Waals surface area contributed by atoms with Crippen LogP contribution >= 0.6 is 0 Å². The summed E-state index contributed by atoms with van der Waals surface area (Å²) in [6.07, 6.45) is 15.5. The van der Waals surface area contributed by atoms with Crippen LogP contribution in [0.2, 0.25) is 0 Å². The summed E-state index contributed by atoms with van der Waals surface area (Å²) in [5.41, 5.74) is 0. The van der Waals surface area contributed by atoms with Gasteiger partial charge in [-0.15, -0.1) is 0 Å². The Kier molecular flexibility index (Phi) is 7.25. The Balaban J connectivity index is 1.50. The normalized spacial score (nSPS) is 20.6. The first-order chi connectivity index (χ1) is 10.2. The highest BCUT2D eigenvalue weighted by Crippen LogP contribution is 2.29. The number of hydrogen-bond acceptors (Lipinski definition) is 3. The fourth-order valence-electron chi connectivity index (χ4n) is 3.86. The Morgan fingerprint density at radius 1 is 0.714 bits per heavy atom. The third-order valence-corrected chi connectivity index (χ3v) is 5.18. The molecule has 0 radical (unpaired) electrons. The standard InChI is InChI=1S/C18H30O3/c19-17(12-6-11-15-7-2-1-3-8-15)21-18(20)14-13-16-9-4-5-10-16/h15-16H,1-14H2. The molecule has 0 aliphatic heterocycles. The van der Waals surface area contributed by atoms with Gasteiger partial charge in [0.15, 0.2) is 0 Å². The lowest BCUT2D eigenvalue weighted by Crippen LogP contribution is -2.14. The monoisotopic (exact) mass is 294 g/mol. The van der Waals surface area contributed by atoms with E-state index in [0.717, 1.165) is 25.2 Å². The average molecular weight is 294 g/mol. The van der Waals surface area contributed by atoms with Crippen molar-refractivity contribution >= 4 is 11.9 Å². The van der Waals surface area contributed by atoms with Gasteiger partial charge in [0.25, 0.3) is 0 Å². The van der Waals surface area contributed by atoms with Gasteiger partial charge < -0.3 is 4.74 Å². The molecule has 3 nitrogen and oxygen atoms in total. The second kappa shape index (κ2) is 9.22. The van der Waals surface area contributed by atoms with Gasteiger partial charge in [0, 0.05) is 12.8 Å². The first-order valence-corrected chi connectivity index (χ1v) is 8.97. The molecule has 2 aliphatic carbocycles. The molecule has 3 heteroatoms. The molecule has 0 bridgehead atoms. The van der Waals surface area contributed by atoms with Crippen molar-refractivity contribution in [3.63, 3.8) is 0 Å². The van der Waals surface area contributed by atoms with Crippen molar-refractivity contribution < 1.29 is 14.3 Å². The van der Waals surface area contributed by atoms with Crippen LogP contribution in [-0.4, -0.2) is 11.9 Å². The molecule has 0 saturated heterocycles.